The zero-order chi connectivity index (χ0) is 21.9. The van der Waals surface area contributed by atoms with Crippen molar-refractivity contribution in [2.45, 2.75) is 70.9 Å². The molecule has 168 valence electrons. The highest BCUT2D eigenvalue weighted by molar-refractivity contribution is 5.81. The van der Waals surface area contributed by atoms with E-state index in [1.165, 1.54) is 25.7 Å². The summed E-state index contributed by atoms with van der Waals surface area (Å²) in [5, 5.41) is 2.54. The first-order valence-corrected chi connectivity index (χ1v) is 11.0. The second kappa shape index (κ2) is 17.5. The molecule has 1 N–H and O–H groups in total. The van der Waals surface area contributed by atoms with E-state index >= 15 is 0 Å². The van der Waals surface area contributed by atoms with Crippen LogP contribution in [0.3, 0.4) is 0 Å². The maximum Gasteiger partial charge on any atom is 0.407 e. The largest absolute Gasteiger partial charge is 0.464 e. The maximum atomic E-state index is 12.2. The monoisotopic (exact) mass is 419 g/mol. The van der Waals surface area contributed by atoms with Crippen molar-refractivity contribution in [1.82, 2.24) is 5.32 Å². The number of amides is 1. The smallest absolute Gasteiger partial charge is 0.407 e. The number of hydrogen-bond acceptors (Lipinski definition) is 5. The molecule has 0 bridgehead atoms. The number of ether oxygens (including phenoxy) is 3. The summed E-state index contributed by atoms with van der Waals surface area (Å²) in [6.07, 6.45) is 9.23. The van der Waals surface area contributed by atoms with E-state index < -0.39 is 18.1 Å². The van der Waals surface area contributed by atoms with Crippen molar-refractivity contribution in [3.05, 3.63) is 48.6 Å². The molecule has 1 unspecified atom stereocenters. The Labute approximate surface area is 181 Å². The van der Waals surface area contributed by atoms with Crippen molar-refractivity contribution in [2.24, 2.45) is 0 Å². The van der Waals surface area contributed by atoms with Crippen molar-refractivity contribution >= 4 is 12.1 Å². The van der Waals surface area contributed by atoms with Crippen LogP contribution in [0.5, 0.6) is 0 Å². The van der Waals surface area contributed by atoms with E-state index in [-0.39, 0.29) is 19.6 Å². The fourth-order valence-electron chi connectivity index (χ4n) is 2.85. The van der Waals surface area contributed by atoms with Gasteiger partial charge in [0, 0.05) is 0 Å². The molecule has 6 nitrogen and oxygen atoms in total. The van der Waals surface area contributed by atoms with Crippen LogP contribution in [0.25, 0.3) is 0 Å². The van der Waals surface area contributed by atoms with Gasteiger partial charge in [0.1, 0.15) is 12.6 Å². The number of esters is 1. The molecule has 0 aromatic heterocycles. The van der Waals surface area contributed by atoms with Gasteiger partial charge in [0.25, 0.3) is 0 Å². The normalized spacial score (nSPS) is 11.5. The Bertz CT molecular complexity index is 591. The van der Waals surface area contributed by atoms with Gasteiger partial charge in [-0.05, 0) is 18.4 Å². The third-order valence-corrected chi connectivity index (χ3v) is 4.54. The molecule has 6 heteroatoms. The molecule has 0 fully saturated rings. The number of nitrogens with one attached hydrogen (secondary N) is 1. The second-order valence-corrected chi connectivity index (χ2v) is 7.18. The first-order valence-electron chi connectivity index (χ1n) is 11.0. The van der Waals surface area contributed by atoms with Crippen LogP contribution in [-0.2, 0) is 25.6 Å². The van der Waals surface area contributed by atoms with Crippen LogP contribution in [-0.4, -0.2) is 37.9 Å². The SMILES string of the molecule is C=CCC(NC(=O)OCCOCc1ccccc1)C(=O)OCCCCCCCCC. The molecule has 1 atom stereocenters. The minimum Gasteiger partial charge on any atom is -0.464 e. The third kappa shape index (κ3) is 13.0. The third-order valence-electron chi connectivity index (χ3n) is 4.54. The Hall–Kier alpha value is -2.34. The van der Waals surface area contributed by atoms with Gasteiger partial charge in [-0.3, -0.25) is 0 Å². The van der Waals surface area contributed by atoms with Gasteiger partial charge in [-0.2, -0.15) is 0 Å². The summed E-state index contributed by atoms with van der Waals surface area (Å²) in [6, 6.07) is 8.96. The van der Waals surface area contributed by atoms with Crippen LogP contribution in [0.4, 0.5) is 4.79 Å². The van der Waals surface area contributed by atoms with Gasteiger partial charge in [0.15, 0.2) is 0 Å². The lowest BCUT2D eigenvalue weighted by molar-refractivity contribution is -0.146. The van der Waals surface area contributed by atoms with Crippen LogP contribution in [0.1, 0.15) is 63.9 Å². The molecule has 0 aliphatic heterocycles. The lowest BCUT2D eigenvalue weighted by Crippen LogP contribution is -2.42. The quantitative estimate of drug-likeness (QED) is 0.214. The van der Waals surface area contributed by atoms with Gasteiger partial charge in [-0.1, -0.05) is 81.9 Å². The summed E-state index contributed by atoms with van der Waals surface area (Å²) in [5.41, 5.74) is 1.05. The first kappa shape index (κ1) is 25.7. The fraction of sp³-hybridized carbons (Fsp3) is 0.583. The molecular weight excluding hydrogens is 382 g/mol. The average molecular weight is 420 g/mol. The molecule has 0 aliphatic carbocycles. The van der Waals surface area contributed by atoms with E-state index in [9.17, 15) is 9.59 Å². The lowest BCUT2D eigenvalue weighted by Gasteiger charge is -2.16. The van der Waals surface area contributed by atoms with E-state index in [2.05, 4.69) is 18.8 Å². The van der Waals surface area contributed by atoms with Gasteiger partial charge in [-0.25, -0.2) is 9.59 Å². The van der Waals surface area contributed by atoms with Crippen LogP contribution in [0, 0.1) is 0 Å². The van der Waals surface area contributed by atoms with Crippen molar-refractivity contribution in [1.29, 1.82) is 0 Å². The minimum atomic E-state index is -0.787. The summed E-state index contributed by atoms with van der Waals surface area (Å²) >= 11 is 0. The molecule has 1 amide bonds. The van der Waals surface area contributed by atoms with Crippen LogP contribution in [0.15, 0.2) is 43.0 Å². The first-order chi connectivity index (χ1) is 14.7. The Morgan fingerprint density at radius 3 is 2.37 bits per heavy atom. The molecule has 0 radical (unpaired) electrons. The fourth-order valence-corrected chi connectivity index (χ4v) is 2.85. The zero-order valence-corrected chi connectivity index (χ0v) is 18.3. The number of rotatable bonds is 17. The van der Waals surface area contributed by atoms with E-state index in [1.807, 2.05) is 30.3 Å². The zero-order valence-electron chi connectivity index (χ0n) is 18.3. The van der Waals surface area contributed by atoms with Crippen molar-refractivity contribution < 1.29 is 23.8 Å². The Balaban J connectivity index is 2.15. The van der Waals surface area contributed by atoms with Crippen molar-refractivity contribution in [3.8, 4) is 0 Å². The Kier molecular flexibility index (Phi) is 15.0. The van der Waals surface area contributed by atoms with E-state index in [1.54, 1.807) is 6.08 Å². The van der Waals surface area contributed by atoms with Crippen LogP contribution >= 0.6 is 0 Å². The minimum absolute atomic E-state index is 0.104. The topological polar surface area (TPSA) is 73.9 Å². The standard InChI is InChI=1S/C24H37NO5/c1-3-5-6-7-8-9-13-17-29-23(26)22(14-4-2)25-24(27)30-19-18-28-20-21-15-11-10-12-16-21/h4,10-12,15-16,22H,2-3,5-9,13-14,17-20H2,1H3,(H,25,27). The summed E-state index contributed by atoms with van der Waals surface area (Å²) in [4.78, 5) is 24.1. The predicted octanol–water partition coefficient (Wildman–Crippen LogP) is 5.17. The molecule has 1 rings (SSSR count). The number of carbonyl (C=O) groups is 2. The Morgan fingerprint density at radius 2 is 1.67 bits per heavy atom. The molecule has 0 spiro atoms. The predicted molar refractivity (Wildman–Crippen MR) is 118 cm³/mol. The van der Waals surface area contributed by atoms with Gasteiger partial charge < -0.3 is 19.5 Å². The van der Waals surface area contributed by atoms with E-state index in [4.69, 9.17) is 14.2 Å². The molecule has 0 saturated carbocycles. The van der Waals surface area contributed by atoms with Gasteiger partial charge in [0.05, 0.1) is 19.8 Å². The van der Waals surface area contributed by atoms with E-state index in [0.717, 1.165) is 24.8 Å². The van der Waals surface area contributed by atoms with Crippen LogP contribution in [0.2, 0.25) is 0 Å². The summed E-state index contributed by atoms with van der Waals surface area (Å²) in [6.45, 7) is 7.03. The van der Waals surface area contributed by atoms with Crippen molar-refractivity contribution in [3.63, 3.8) is 0 Å². The van der Waals surface area contributed by atoms with Gasteiger partial charge >= 0.3 is 12.1 Å². The number of carbonyl (C=O) groups excluding carboxylic acids is 2. The molecular formula is C24H37NO5. The lowest BCUT2D eigenvalue weighted by atomic mass is 10.1. The summed E-state index contributed by atoms with van der Waals surface area (Å²) < 4.78 is 15.8. The molecule has 0 aliphatic rings. The van der Waals surface area contributed by atoms with Gasteiger partial charge in [0.2, 0.25) is 0 Å². The highest BCUT2D eigenvalue weighted by Crippen LogP contribution is 2.07. The number of hydrogen-bond donors (Lipinski definition) is 1. The molecule has 0 heterocycles. The number of benzene rings is 1. The maximum absolute atomic E-state index is 12.2. The van der Waals surface area contributed by atoms with Crippen molar-refractivity contribution in [2.75, 3.05) is 19.8 Å². The molecule has 30 heavy (non-hydrogen) atoms. The molecule has 1 aromatic carbocycles. The summed E-state index contributed by atoms with van der Waals surface area (Å²) in [7, 11) is 0. The molecule has 1 aromatic rings. The van der Waals surface area contributed by atoms with E-state index in [0.29, 0.717) is 13.2 Å². The highest BCUT2D eigenvalue weighted by atomic mass is 16.6. The Morgan fingerprint density at radius 1 is 0.967 bits per heavy atom. The average Bonchev–Trinajstić information content (AvgIpc) is 2.75. The number of unbranched alkanes of at least 4 members (excludes halogenated alkanes) is 6. The van der Waals surface area contributed by atoms with Gasteiger partial charge in [-0.15, -0.1) is 6.58 Å². The molecule has 0 saturated heterocycles. The number of alkyl carbamates (subject to hydrolysis) is 1. The van der Waals surface area contributed by atoms with Crippen LogP contribution < -0.4 is 5.32 Å². The highest BCUT2D eigenvalue weighted by Gasteiger charge is 2.21. The second-order valence-electron chi connectivity index (χ2n) is 7.18. The summed E-state index contributed by atoms with van der Waals surface area (Å²) in [5.74, 6) is -0.460.